The van der Waals surface area contributed by atoms with Gasteiger partial charge < -0.3 is 14.6 Å². The Bertz CT molecular complexity index is 1060. The van der Waals surface area contributed by atoms with Gasteiger partial charge in [0.15, 0.2) is 5.78 Å². The second-order valence-corrected chi connectivity index (χ2v) is 7.18. The number of pyridine rings is 1. The number of aliphatic hydroxyl groups is 1. The first-order chi connectivity index (χ1) is 14.2. The summed E-state index contributed by atoms with van der Waals surface area (Å²) in [6.45, 7) is 7.19. The molecule has 0 aliphatic rings. The van der Waals surface area contributed by atoms with Crippen molar-refractivity contribution in [3.8, 4) is 22.8 Å². The first kappa shape index (κ1) is 26.3. The van der Waals surface area contributed by atoms with Crippen molar-refractivity contribution in [1.82, 2.24) is 4.98 Å². The van der Waals surface area contributed by atoms with E-state index in [-0.39, 0.29) is 31.6 Å². The summed E-state index contributed by atoms with van der Waals surface area (Å²) in [5.74, 6) is 1.94. The Morgan fingerprint density at radius 2 is 1.71 bits per heavy atom. The van der Waals surface area contributed by atoms with Crippen molar-refractivity contribution < 1.29 is 39.5 Å². The van der Waals surface area contributed by atoms with Crippen molar-refractivity contribution in [3.05, 3.63) is 65.9 Å². The molecule has 167 valence electrons. The zero-order valence-corrected chi connectivity index (χ0v) is 21.0. The van der Waals surface area contributed by atoms with Crippen molar-refractivity contribution in [2.75, 3.05) is 14.2 Å². The van der Waals surface area contributed by atoms with Crippen LogP contribution in [-0.4, -0.2) is 30.1 Å². The number of ketones is 1. The molecule has 0 atom stereocenters. The van der Waals surface area contributed by atoms with Crippen LogP contribution < -0.4 is 9.47 Å². The second-order valence-electron chi connectivity index (χ2n) is 7.18. The Labute approximate surface area is 197 Å². The molecule has 0 saturated carbocycles. The average Bonchev–Trinajstić information content (AvgIpc) is 2.71. The molecular formula is C25H28IrNO4-. The van der Waals surface area contributed by atoms with Gasteiger partial charge in [-0.15, -0.1) is 29.8 Å². The van der Waals surface area contributed by atoms with Gasteiger partial charge in [0.2, 0.25) is 0 Å². The Hall–Kier alpha value is -2.69. The van der Waals surface area contributed by atoms with E-state index in [1.54, 1.807) is 14.2 Å². The van der Waals surface area contributed by atoms with E-state index in [0.717, 1.165) is 33.7 Å². The zero-order valence-electron chi connectivity index (χ0n) is 18.6. The van der Waals surface area contributed by atoms with Gasteiger partial charge in [-0.2, -0.15) is 0 Å². The van der Waals surface area contributed by atoms with Crippen LogP contribution in [0.3, 0.4) is 0 Å². The Balaban J connectivity index is 0.000000523. The van der Waals surface area contributed by atoms with Crippen LogP contribution in [-0.2, 0) is 24.9 Å². The molecule has 5 nitrogen and oxygen atoms in total. The van der Waals surface area contributed by atoms with Crippen molar-refractivity contribution in [1.29, 1.82) is 0 Å². The number of carbonyl (C=O) groups excluding carboxylic acids is 1. The minimum absolute atomic E-state index is 0. The molecule has 3 aromatic rings. The number of carbonyl (C=O) groups is 1. The molecule has 1 radical (unpaired) electrons. The number of hydrogen-bond acceptors (Lipinski definition) is 5. The first-order valence-corrected chi connectivity index (χ1v) is 9.67. The van der Waals surface area contributed by atoms with E-state index < -0.39 is 0 Å². The Morgan fingerprint density at radius 1 is 1.06 bits per heavy atom. The predicted octanol–water partition coefficient (Wildman–Crippen LogP) is 5.88. The smallest absolute Gasteiger partial charge is 0.155 e. The van der Waals surface area contributed by atoms with Crippen molar-refractivity contribution in [3.63, 3.8) is 0 Å². The maximum Gasteiger partial charge on any atom is 0.155 e. The number of allylic oxidation sites excluding steroid dienone is 2. The van der Waals surface area contributed by atoms with E-state index in [9.17, 15) is 4.79 Å². The van der Waals surface area contributed by atoms with Crippen LogP contribution in [0.5, 0.6) is 11.5 Å². The number of aliphatic hydroxyl groups excluding tert-OH is 1. The summed E-state index contributed by atoms with van der Waals surface area (Å²) < 4.78 is 10.6. The minimum atomic E-state index is -0.125. The van der Waals surface area contributed by atoms with Crippen molar-refractivity contribution >= 4 is 16.7 Å². The van der Waals surface area contributed by atoms with E-state index in [0.29, 0.717) is 5.92 Å². The maximum atomic E-state index is 10.0. The number of nitrogens with zero attached hydrogens (tertiary/aromatic N) is 1. The first-order valence-electron chi connectivity index (χ1n) is 9.67. The fourth-order valence-electron chi connectivity index (χ4n) is 2.96. The maximum absolute atomic E-state index is 10.0. The molecule has 6 heteroatoms. The van der Waals surface area contributed by atoms with Crippen LogP contribution in [0, 0.1) is 6.07 Å². The second kappa shape index (κ2) is 12.2. The number of aromatic nitrogens is 1. The number of methoxy groups -OCH3 is 2. The Kier molecular flexibility index (Phi) is 10.4. The van der Waals surface area contributed by atoms with Crippen LogP contribution in [0.15, 0.2) is 54.3 Å². The molecule has 0 aliphatic heterocycles. The SMILES string of the molecule is CC(=O)/C=C(/C)O.COc1cc[c-]c(-c2nc3ccc(OC)cc3cc2C(C)C)c1.[Ir]. The molecule has 0 saturated heterocycles. The van der Waals surface area contributed by atoms with Gasteiger partial charge in [0, 0.05) is 37.3 Å². The van der Waals surface area contributed by atoms with E-state index in [4.69, 9.17) is 19.6 Å². The van der Waals surface area contributed by atoms with Gasteiger partial charge in [-0.05, 0) is 43.7 Å². The van der Waals surface area contributed by atoms with Gasteiger partial charge in [-0.3, -0.25) is 9.78 Å². The van der Waals surface area contributed by atoms with Gasteiger partial charge >= 0.3 is 0 Å². The number of benzene rings is 2. The molecule has 0 spiro atoms. The van der Waals surface area contributed by atoms with Crippen LogP contribution in [0.2, 0.25) is 0 Å². The van der Waals surface area contributed by atoms with Crippen molar-refractivity contribution in [2.45, 2.75) is 33.6 Å². The summed E-state index contributed by atoms with van der Waals surface area (Å²) in [7, 11) is 3.35. The molecule has 1 heterocycles. The van der Waals surface area contributed by atoms with Crippen molar-refractivity contribution in [2.24, 2.45) is 0 Å². The topological polar surface area (TPSA) is 68.7 Å². The van der Waals surface area contributed by atoms with Crippen LogP contribution in [0.25, 0.3) is 22.2 Å². The molecule has 0 fully saturated rings. The molecule has 0 aliphatic carbocycles. The summed E-state index contributed by atoms with van der Waals surface area (Å²) in [5.41, 5.74) is 4.04. The number of hydrogen-bond donors (Lipinski definition) is 1. The quantitative estimate of drug-likeness (QED) is 0.226. The molecular weight excluding hydrogens is 570 g/mol. The molecule has 1 N–H and O–H groups in total. The summed E-state index contributed by atoms with van der Waals surface area (Å²) in [5, 5.41) is 9.45. The molecule has 1 aromatic heterocycles. The molecule has 2 aromatic carbocycles. The zero-order chi connectivity index (χ0) is 22.3. The van der Waals surface area contributed by atoms with Gasteiger partial charge in [0.1, 0.15) is 5.75 Å². The molecule has 0 bridgehead atoms. The Morgan fingerprint density at radius 3 is 2.23 bits per heavy atom. The number of rotatable bonds is 5. The van der Waals surface area contributed by atoms with Crippen LogP contribution in [0.1, 0.15) is 39.2 Å². The third-order valence-electron chi connectivity index (χ3n) is 4.35. The minimum Gasteiger partial charge on any atom is -0.516 e. The summed E-state index contributed by atoms with van der Waals surface area (Å²) in [6.07, 6.45) is 1.17. The van der Waals surface area contributed by atoms with Gasteiger partial charge in [-0.1, -0.05) is 25.5 Å². The third-order valence-corrected chi connectivity index (χ3v) is 4.35. The predicted molar refractivity (Wildman–Crippen MR) is 120 cm³/mol. The van der Waals surface area contributed by atoms with Gasteiger partial charge in [0.05, 0.1) is 25.5 Å². The molecule has 0 amide bonds. The van der Waals surface area contributed by atoms with E-state index >= 15 is 0 Å². The van der Waals surface area contributed by atoms with E-state index in [2.05, 4.69) is 26.0 Å². The summed E-state index contributed by atoms with van der Waals surface area (Å²) in [6, 6.07) is 17.2. The fourth-order valence-corrected chi connectivity index (χ4v) is 2.96. The largest absolute Gasteiger partial charge is 0.516 e. The van der Waals surface area contributed by atoms with Crippen LogP contribution in [0.4, 0.5) is 0 Å². The monoisotopic (exact) mass is 599 g/mol. The fraction of sp³-hybridized carbons (Fsp3) is 0.280. The van der Waals surface area contributed by atoms with Crippen LogP contribution >= 0.6 is 0 Å². The molecule has 31 heavy (non-hydrogen) atoms. The number of fused-ring (bicyclic) bond motifs is 1. The van der Waals surface area contributed by atoms with E-state index in [1.165, 1.54) is 25.5 Å². The van der Waals surface area contributed by atoms with E-state index in [1.807, 2.05) is 36.4 Å². The average molecular weight is 599 g/mol. The molecule has 3 rings (SSSR count). The normalized spacial score (nSPS) is 10.7. The molecule has 0 unspecified atom stereocenters. The number of ether oxygens (including phenoxy) is 2. The standard InChI is InChI=1S/C20H20NO2.C5H8O2.Ir/c1-13(2)18-12-15-11-17(23-4)8-9-19(15)21-20(18)14-6-5-7-16(10-14)22-3;1-4(6)3-5(2)7;/h5,7-13H,1-4H3;3,6H,1-2H3;/q-1;;/b;4-3-;. The summed E-state index contributed by atoms with van der Waals surface area (Å²) >= 11 is 0. The van der Waals surface area contributed by atoms with Gasteiger partial charge in [-0.25, -0.2) is 0 Å². The summed E-state index contributed by atoms with van der Waals surface area (Å²) in [4.78, 5) is 14.9. The third kappa shape index (κ3) is 7.50. The van der Waals surface area contributed by atoms with Gasteiger partial charge in [0.25, 0.3) is 0 Å².